The van der Waals surface area contributed by atoms with Crippen molar-refractivity contribution in [2.24, 2.45) is 11.5 Å². The zero-order chi connectivity index (χ0) is 28.0. The lowest BCUT2D eigenvalue weighted by Gasteiger charge is -2.25. The molecule has 0 fully saturated rings. The highest BCUT2D eigenvalue weighted by molar-refractivity contribution is 5.94. The monoisotopic (exact) mass is 529 g/mol. The Bertz CT molecular complexity index is 1220. The van der Waals surface area contributed by atoms with Crippen LogP contribution in [-0.4, -0.2) is 81.4 Å². The van der Waals surface area contributed by atoms with Gasteiger partial charge >= 0.3 is 5.97 Å². The van der Waals surface area contributed by atoms with E-state index in [0.717, 1.165) is 0 Å². The summed E-state index contributed by atoms with van der Waals surface area (Å²) < 4.78 is 0. The average molecular weight is 530 g/mol. The van der Waals surface area contributed by atoms with Crippen LogP contribution in [0.3, 0.4) is 0 Å². The van der Waals surface area contributed by atoms with E-state index >= 15 is 0 Å². The summed E-state index contributed by atoms with van der Waals surface area (Å²) in [6.45, 7) is -0.927. The molecule has 0 saturated heterocycles. The minimum Gasteiger partial charge on any atom is -0.508 e. The van der Waals surface area contributed by atoms with Gasteiger partial charge in [-0.15, -0.1) is 0 Å². The molecule has 13 heteroatoms. The van der Waals surface area contributed by atoms with Crippen LogP contribution in [0.15, 0.2) is 36.4 Å². The summed E-state index contributed by atoms with van der Waals surface area (Å²) in [5.41, 5.74) is 13.4. The quantitative estimate of drug-likeness (QED) is 0.201. The smallest absolute Gasteiger partial charge is 0.322 e. The van der Waals surface area contributed by atoms with E-state index in [9.17, 15) is 34.5 Å². The minimum absolute atomic E-state index is 0.0789. The Labute approximate surface area is 217 Å². The minimum atomic E-state index is -1.35. The maximum absolute atomic E-state index is 13.2. The molecule has 1 aliphatic heterocycles. The van der Waals surface area contributed by atoms with Gasteiger partial charge in [0.05, 0.1) is 12.1 Å². The van der Waals surface area contributed by atoms with E-state index in [-0.39, 0.29) is 42.9 Å². The molecular formula is C25H31N5O8. The number of aliphatic hydroxyl groups is 1. The lowest BCUT2D eigenvalue weighted by Crippen LogP contribution is -2.57. The van der Waals surface area contributed by atoms with Gasteiger partial charge < -0.3 is 47.8 Å². The van der Waals surface area contributed by atoms with Gasteiger partial charge in [0.15, 0.2) is 0 Å². The van der Waals surface area contributed by atoms with Gasteiger partial charge in [0.25, 0.3) is 0 Å². The third-order valence-corrected chi connectivity index (χ3v) is 6.15. The van der Waals surface area contributed by atoms with Crippen molar-refractivity contribution in [1.82, 2.24) is 16.0 Å². The number of benzene rings is 2. The molecular weight excluding hydrogens is 498 g/mol. The second-order valence-corrected chi connectivity index (χ2v) is 9.06. The summed E-state index contributed by atoms with van der Waals surface area (Å²) in [5, 5.41) is 47.0. The summed E-state index contributed by atoms with van der Waals surface area (Å²) in [4.78, 5) is 49.9. The third-order valence-electron chi connectivity index (χ3n) is 6.15. The molecule has 0 spiro atoms. The molecule has 1 aliphatic rings. The summed E-state index contributed by atoms with van der Waals surface area (Å²) in [7, 11) is 0. The number of nitrogens with two attached hydrogens (primary N) is 2. The molecule has 13 nitrogen and oxygen atoms in total. The molecule has 1 heterocycles. The van der Waals surface area contributed by atoms with Crippen LogP contribution >= 0.6 is 0 Å². The molecule has 4 bridgehead atoms. The Hall–Kier alpha value is -4.20. The van der Waals surface area contributed by atoms with Gasteiger partial charge in [-0.05, 0) is 46.5 Å². The Balaban J connectivity index is 2.09. The molecule has 3 amide bonds. The van der Waals surface area contributed by atoms with E-state index in [0.29, 0.717) is 16.7 Å². The number of rotatable bonds is 6. The molecule has 0 saturated carbocycles. The van der Waals surface area contributed by atoms with E-state index < -0.39 is 54.5 Å². The number of carboxylic acids is 1. The van der Waals surface area contributed by atoms with Crippen LogP contribution in [0.5, 0.6) is 11.5 Å². The maximum atomic E-state index is 13.2. The Morgan fingerprint density at radius 2 is 1.55 bits per heavy atom. The fourth-order valence-electron chi connectivity index (χ4n) is 4.05. The molecule has 0 aromatic heterocycles. The Kier molecular flexibility index (Phi) is 9.23. The number of carboxylic acid groups (broad SMARTS) is 1. The van der Waals surface area contributed by atoms with E-state index in [1.807, 2.05) is 0 Å². The number of aromatic hydroxyl groups is 2. The number of aliphatic carboxylic acids is 1. The van der Waals surface area contributed by atoms with E-state index in [4.69, 9.17) is 16.6 Å². The number of phenols is 2. The predicted molar refractivity (Wildman–Crippen MR) is 135 cm³/mol. The second kappa shape index (κ2) is 12.4. The zero-order valence-corrected chi connectivity index (χ0v) is 20.4. The lowest BCUT2D eigenvalue weighted by molar-refractivity contribution is -0.138. The van der Waals surface area contributed by atoms with Gasteiger partial charge in [0.2, 0.25) is 17.7 Å². The standard InChI is InChI=1S/C25H31N5O8/c26-10-16(31)9-19-25(38)30-18(24(37)28-11-22(34)35)8-15-6-13(2-4-21(15)33)12-1-3-20(32)14(5-12)7-17(27)23(36)29-19/h1-6,16-19,31-33H,7-11,26-27H2,(H,28,37)(H,29,36)(H,30,38)(H,34,35)/t16-,17+,18+,19+/m1/s1. The van der Waals surface area contributed by atoms with Gasteiger partial charge in [0, 0.05) is 25.8 Å². The lowest BCUT2D eigenvalue weighted by atomic mass is 9.95. The molecule has 0 unspecified atom stereocenters. The van der Waals surface area contributed by atoms with Crippen molar-refractivity contribution in [2.75, 3.05) is 13.1 Å². The van der Waals surface area contributed by atoms with Gasteiger partial charge in [-0.25, -0.2) is 0 Å². The highest BCUT2D eigenvalue weighted by atomic mass is 16.4. The molecule has 0 aliphatic carbocycles. The van der Waals surface area contributed by atoms with Crippen molar-refractivity contribution in [3.8, 4) is 22.6 Å². The summed E-state index contributed by atoms with van der Waals surface area (Å²) in [6.07, 6.45) is -1.79. The van der Waals surface area contributed by atoms with E-state index in [1.165, 1.54) is 12.1 Å². The Morgan fingerprint density at radius 1 is 0.974 bits per heavy atom. The number of carbonyl (C=O) groups excluding carboxylic acids is 3. The highest BCUT2D eigenvalue weighted by Gasteiger charge is 2.31. The van der Waals surface area contributed by atoms with Crippen molar-refractivity contribution in [3.05, 3.63) is 47.5 Å². The second-order valence-electron chi connectivity index (χ2n) is 9.06. The third kappa shape index (κ3) is 7.18. The van der Waals surface area contributed by atoms with Crippen LogP contribution in [0.2, 0.25) is 0 Å². The number of carbonyl (C=O) groups is 4. The van der Waals surface area contributed by atoms with Crippen molar-refractivity contribution in [2.45, 2.75) is 43.5 Å². The first-order chi connectivity index (χ1) is 18.0. The highest BCUT2D eigenvalue weighted by Crippen LogP contribution is 2.30. The van der Waals surface area contributed by atoms with Gasteiger partial charge in [-0.3, -0.25) is 19.2 Å². The molecule has 38 heavy (non-hydrogen) atoms. The topological polar surface area (TPSA) is 237 Å². The van der Waals surface area contributed by atoms with Crippen molar-refractivity contribution < 1.29 is 39.6 Å². The van der Waals surface area contributed by atoms with Crippen LogP contribution in [0.4, 0.5) is 0 Å². The normalized spacial score (nSPS) is 20.8. The van der Waals surface area contributed by atoms with Crippen LogP contribution in [0, 0.1) is 0 Å². The number of nitrogens with one attached hydrogen (secondary N) is 3. The predicted octanol–water partition coefficient (Wildman–Crippen LogP) is -1.93. The first-order valence-corrected chi connectivity index (χ1v) is 11.9. The average Bonchev–Trinajstić information content (AvgIpc) is 2.88. The zero-order valence-electron chi connectivity index (χ0n) is 20.4. The number of amides is 3. The van der Waals surface area contributed by atoms with Crippen LogP contribution in [-0.2, 0) is 32.0 Å². The number of aliphatic hydroxyl groups excluding tert-OH is 1. The number of hydrogen-bond donors (Lipinski definition) is 9. The summed E-state index contributed by atoms with van der Waals surface area (Å²) in [5.74, 6) is -4.03. The Morgan fingerprint density at radius 3 is 2.11 bits per heavy atom. The van der Waals surface area contributed by atoms with Crippen LogP contribution < -0.4 is 27.4 Å². The van der Waals surface area contributed by atoms with Crippen molar-refractivity contribution in [1.29, 1.82) is 0 Å². The first kappa shape index (κ1) is 28.4. The van der Waals surface area contributed by atoms with Gasteiger partial charge in [-0.2, -0.15) is 0 Å². The summed E-state index contributed by atoms with van der Waals surface area (Å²) >= 11 is 0. The molecule has 2 aromatic carbocycles. The first-order valence-electron chi connectivity index (χ1n) is 11.9. The van der Waals surface area contributed by atoms with Crippen molar-refractivity contribution >= 4 is 23.7 Å². The fourth-order valence-corrected chi connectivity index (χ4v) is 4.05. The van der Waals surface area contributed by atoms with E-state index in [1.54, 1.807) is 24.3 Å². The SMILES string of the molecule is NC[C@H](O)C[C@@H]1NC(=O)[C@@H](N)Cc2cc(ccc2O)-c2ccc(O)c(c2)C[C@@H](C(=O)NCC(=O)O)NC1=O. The fraction of sp³-hybridized carbons (Fsp3) is 0.360. The van der Waals surface area contributed by atoms with Gasteiger partial charge in [0.1, 0.15) is 30.1 Å². The number of phenolic OH excluding ortho intramolecular Hbond substituents is 2. The molecule has 0 radical (unpaired) electrons. The number of hydrogen-bond acceptors (Lipinski definition) is 9. The van der Waals surface area contributed by atoms with Crippen LogP contribution in [0.25, 0.3) is 11.1 Å². The number of fused-ring (bicyclic) bond motifs is 5. The van der Waals surface area contributed by atoms with Crippen LogP contribution in [0.1, 0.15) is 17.5 Å². The molecule has 204 valence electrons. The van der Waals surface area contributed by atoms with E-state index in [2.05, 4.69) is 16.0 Å². The van der Waals surface area contributed by atoms with Crippen molar-refractivity contribution in [3.63, 3.8) is 0 Å². The largest absolute Gasteiger partial charge is 0.508 e. The molecule has 4 atom stereocenters. The summed E-state index contributed by atoms with van der Waals surface area (Å²) in [6, 6.07) is 5.41. The molecule has 2 aromatic rings. The maximum Gasteiger partial charge on any atom is 0.322 e. The molecule has 3 rings (SSSR count). The molecule has 11 N–H and O–H groups in total. The van der Waals surface area contributed by atoms with Gasteiger partial charge in [-0.1, -0.05) is 12.1 Å².